The SMILES string of the molecule is COc1cccc(OC)c1S(=O)(=O)Nc1nnc2cc(Cn3cccn3)cc(OC)n12. The number of rotatable bonds is 8. The van der Waals surface area contributed by atoms with Crippen molar-refractivity contribution in [2.45, 2.75) is 11.4 Å². The van der Waals surface area contributed by atoms with Gasteiger partial charge < -0.3 is 14.2 Å². The van der Waals surface area contributed by atoms with E-state index in [0.717, 1.165) is 5.56 Å². The van der Waals surface area contributed by atoms with Gasteiger partial charge in [0.2, 0.25) is 11.8 Å². The van der Waals surface area contributed by atoms with E-state index in [4.69, 9.17) is 14.2 Å². The zero-order chi connectivity index (χ0) is 22.0. The largest absolute Gasteiger partial charge is 0.495 e. The average molecular weight is 444 g/mol. The molecule has 3 heterocycles. The van der Waals surface area contributed by atoms with Crippen LogP contribution in [0, 0.1) is 0 Å². The Hall–Kier alpha value is -3.80. The number of anilines is 1. The Morgan fingerprint density at radius 3 is 2.35 bits per heavy atom. The number of aromatic nitrogens is 5. The molecule has 4 aromatic rings. The van der Waals surface area contributed by atoms with Gasteiger partial charge in [-0.15, -0.1) is 10.2 Å². The second-order valence-corrected chi connectivity index (χ2v) is 8.04. The van der Waals surface area contributed by atoms with Gasteiger partial charge in [0.1, 0.15) is 11.5 Å². The maximum absolute atomic E-state index is 13.2. The normalized spacial score (nSPS) is 11.5. The predicted molar refractivity (Wildman–Crippen MR) is 111 cm³/mol. The van der Waals surface area contributed by atoms with Gasteiger partial charge in [0.25, 0.3) is 10.0 Å². The van der Waals surface area contributed by atoms with Crippen molar-refractivity contribution in [3.8, 4) is 17.4 Å². The molecule has 1 N–H and O–H groups in total. The molecule has 31 heavy (non-hydrogen) atoms. The van der Waals surface area contributed by atoms with Crippen LogP contribution in [0.5, 0.6) is 17.4 Å². The lowest BCUT2D eigenvalue weighted by atomic mass is 10.2. The minimum Gasteiger partial charge on any atom is -0.495 e. The monoisotopic (exact) mass is 444 g/mol. The second kappa shape index (κ2) is 8.14. The minimum absolute atomic E-state index is 0.0366. The van der Waals surface area contributed by atoms with Crippen LogP contribution in [0.15, 0.2) is 53.7 Å². The van der Waals surface area contributed by atoms with E-state index in [-0.39, 0.29) is 22.3 Å². The number of nitrogens with zero attached hydrogens (tertiary/aromatic N) is 5. The molecule has 0 unspecified atom stereocenters. The summed E-state index contributed by atoms with van der Waals surface area (Å²) in [5.41, 5.74) is 1.27. The molecular weight excluding hydrogens is 424 g/mol. The van der Waals surface area contributed by atoms with Gasteiger partial charge in [-0.1, -0.05) is 6.07 Å². The van der Waals surface area contributed by atoms with Crippen LogP contribution in [0.2, 0.25) is 0 Å². The number of ether oxygens (including phenoxy) is 3. The Morgan fingerprint density at radius 1 is 1.00 bits per heavy atom. The van der Waals surface area contributed by atoms with Crippen LogP contribution in [-0.4, -0.2) is 54.1 Å². The molecule has 12 heteroatoms. The first-order chi connectivity index (χ1) is 15.0. The summed E-state index contributed by atoms with van der Waals surface area (Å²) in [6.45, 7) is 0.492. The van der Waals surface area contributed by atoms with E-state index in [2.05, 4.69) is 20.0 Å². The smallest absolute Gasteiger partial charge is 0.271 e. The third-order valence-electron chi connectivity index (χ3n) is 4.52. The molecule has 11 nitrogen and oxygen atoms in total. The summed E-state index contributed by atoms with van der Waals surface area (Å²) in [6, 6.07) is 10.1. The van der Waals surface area contributed by atoms with E-state index in [1.807, 2.05) is 12.3 Å². The van der Waals surface area contributed by atoms with Crippen LogP contribution < -0.4 is 18.9 Å². The Kier molecular flexibility index (Phi) is 5.38. The number of benzene rings is 1. The fourth-order valence-electron chi connectivity index (χ4n) is 3.18. The van der Waals surface area contributed by atoms with E-state index in [0.29, 0.717) is 18.1 Å². The standard InChI is InChI=1S/C19H20N6O5S/c1-28-14-6-4-7-15(29-2)18(14)31(26,27)23-19-22-21-16-10-13(11-17(30-3)25(16)19)12-24-9-5-8-20-24/h4-11H,12H2,1-3H3,(H,22,23). The van der Waals surface area contributed by atoms with Crippen molar-refractivity contribution >= 4 is 21.6 Å². The molecule has 0 atom stereocenters. The first-order valence-electron chi connectivity index (χ1n) is 9.10. The highest BCUT2D eigenvalue weighted by molar-refractivity contribution is 7.93. The Bertz CT molecular complexity index is 1300. The molecule has 0 spiro atoms. The summed E-state index contributed by atoms with van der Waals surface area (Å²) >= 11 is 0. The molecule has 162 valence electrons. The highest BCUT2D eigenvalue weighted by Crippen LogP contribution is 2.34. The average Bonchev–Trinajstić information content (AvgIpc) is 3.42. The summed E-state index contributed by atoms with van der Waals surface area (Å²) in [5.74, 6) is 0.586. The van der Waals surface area contributed by atoms with Crippen molar-refractivity contribution in [2.24, 2.45) is 0 Å². The Morgan fingerprint density at radius 2 is 1.74 bits per heavy atom. The van der Waals surface area contributed by atoms with Crippen molar-refractivity contribution in [1.29, 1.82) is 0 Å². The molecular formula is C19H20N6O5S. The summed E-state index contributed by atoms with van der Waals surface area (Å²) in [5, 5.41) is 12.3. The molecule has 0 radical (unpaired) electrons. The number of sulfonamides is 1. The lowest BCUT2D eigenvalue weighted by Crippen LogP contribution is -2.17. The molecule has 4 rings (SSSR count). The first kappa shape index (κ1) is 20.5. The van der Waals surface area contributed by atoms with Crippen molar-refractivity contribution in [3.05, 3.63) is 54.4 Å². The summed E-state index contributed by atoms with van der Waals surface area (Å²) in [7, 11) is 0.110. The topological polar surface area (TPSA) is 122 Å². The molecule has 0 aliphatic carbocycles. The van der Waals surface area contributed by atoms with Crippen molar-refractivity contribution in [1.82, 2.24) is 24.4 Å². The van der Waals surface area contributed by atoms with Gasteiger partial charge in [-0.25, -0.2) is 17.5 Å². The maximum Gasteiger partial charge on any atom is 0.271 e. The quantitative estimate of drug-likeness (QED) is 0.437. The highest BCUT2D eigenvalue weighted by Gasteiger charge is 2.27. The summed E-state index contributed by atoms with van der Waals surface area (Å²) in [6.07, 6.45) is 3.52. The van der Waals surface area contributed by atoms with E-state index >= 15 is 0 Å². The molecule has 0 fully saturated rings. The summed E-state index contributed by atoms with van der Waals surface area (Å²) in [4.78, 5) is -0.147. The molecule has 0 aliphatic rings. The van der Waals surface area contributed by atoms with Gasteiger partial charge in [0, 0.05) is 18.5 Å². The third-order valence-corrected chi connectivity index (χ3v) is 5.91. The lowest BCUT2D eigenvalue weighted by Gasteiger charge is -2.14. The maximum atomic E-state index is 13.2. The highest BCUT2D eigenvalue weighted by atomic mass is 32.2. The van der Waals surface area contributed by atoms with Gasteiger partial charge in [-0.3, -0.25) is 4.68 Å². The molecule has 0 saturated heterocycles. The zero-order valence-electron chi connectivity index (χ0n) is 17.0. The van der Waals surface area contributed by atoms with Gasteiger partial charge in [-0.05, 0) is 29.8 Å². The number of pyridine rings is 1. The van der Waals surface area contributed by atoms with E-state index < -0.39 is 10.0 Å². The van der Waals surface area contributed by atoms with E-state index in [1.54, 1.807) is 29.1 Å². The third kappa shape index (κ3) is 3.84. The molecule has 0 bridgehead atoms. The van der Waals surface area contributed by atoms with Crippen LogP contribution in [0.4, 0.5) is 5.95 Å². The van der Waals surface area contributed by atoms with Crippen LogP contribution in [0.3, 0.4) is 0 Å². The van der Waals surface area contributed by atoms with Crippen LogP contribution >= 0.6 is 0 Å². The predicted octanol–water partition coefficient (Wildman–Crippen LogP) is 1.80. The van der Waals surface area contributed by atoms with Crippen molar-refractivity contribution in [3.63, 3.8) is 0 Å². The van der Waals surface area contributed by atoms with Crippen molar-refractivity contribution in [2.75, 3.05) is 26.1 Å². The van der Waals surface area contributed by atoms with Gasteiger partial charge in [0.15, 0.2) is 10.5 Å². The molecule has 0 saturated carbocycles. The molecule has 0 amide bonds. The van der Waals surface area contributed by atoms with Gasteiger partial charge in [0.05, 0.1) is 27.9 Å². The lowest BCUT2D eigenvalue weighted by molar-refractivity contribution is 0.373. The minimum atomic E-state index is -4.13. The van der Waals surface area contributed by atoms with E-state index in [9.17, 15) is 8.42 Å². The second-order valence-electron chi connectivity index (χ2n) is 6.42. The zero-order valence-corrected chi connectivity index (χ0v) is 17.8. The van der Waals surface area contributed by atoms with Crippen LogP contribution in [-0.2, 0) is 16.6 Å². The number of methoxy groups -OCH3 is 3. The molecule has 1 aromatic carbocycles. The fraction of sp³-hybridized carbons (Fsp3) is 0.211. The molecule has 3 aromatic heterocycles. The van der Waals surface area contributed by atoms with Crippen molar-refractivity contribution < 1.29 is 22.6 Å². The molecule has 0 aliphatic heterocycles. The Labute approximate surface area is 178 Å². The number of nitrogens with one attached hydrogen (secondary N) is 1. The Balaban J connectivity index is 1.76. The van der Waals surface area contributed by atoms with Crippen LogP contribution in [0.25, 0.3) is 5.65 Å². The number of hydrogen-bond acceptors (Lipinski definition) is 8. The number of hydrogen-bond donors (Lipinski definition) is 1. The first-order valence-corrected chi connectivity index (χ1v) is 10.6. The van der Waals surface area contributed by atoms with E-state index in [1.165, 1.54) is 37.9 Å². The van der Waals surface area contributed by atoms with Crippen LogP contribution in [0.1, 0.15) is 5.56 Å². The van der Waals surface area contributed by atoms with Gasteiger partial charge >= 0.3 is 0 Å². The van der Waals surface area contributed by atoms with Gasteiger partial charge in [-0.2, -0.15) is 5.10 Å². The summed E-state index contributed by atoms with van der Waals surface area (Å²) < 4.78 is 47.9. The fourth-order valence-corrected chi connectivity index (χ4v) is 4.49. The number of fused-ring (bicyclic) bond motifs is 1.